The number of esters is 1. The van der Waals surface area contributed by atoms with Gasteiger partial charge in [0.2, 0.25) is 0 Å². The van der Waals surface area contributed by atoms with E-state index < -0.39 is 17.6 Å². The third kappa shape index (κ3) is 2.99. The Kier molecular flexibility index (Phi) is 4.52. The summed E-state index contributed by atoms with van der Waals surface area (Å²) in [5.74, 6) is -1.84. The number of carbonyl (C=O) groups is 1. The van der Waals surface area contributed by atoms with Gasteiger partial charge in [-0.15, -0.1) is 11.3 Å². The summed E-state index contributed by atoms with van der Waals surface area (Å²) in [6.45, 7) is 3.78. The van der Waals surface area contributed by atoms with Crippen LogP contribution in [0.4, 0.5) is 8.78 Å². The zero-order valence-electron chi connectivity index (χ0n) is 14.8. The van der Waals surface area contributed by atoms with Gasteiger partial charge in [-0.3, -0.25) is 0 Å². The lowest BCUT2D eigenvalue weighted by Crippen LogP contribution is -2.08. The number of thiazole rings is 1. The minimum absolute atomic E-state index is 0.137. The Hall–Kier alpha value is -3.32. The van der Waals surface area contributed by atoms with Crippen LogP contribution in [-0.2, 0) is 9.53 Å². The van der Waals surface area contributed by atoms with Crippen molar-refractivity contribution in [3.8, 4) is 21.8 Å². The van der Waals surface area contributed by atoms with E-state index in [-0.39, 0.29) is 16.3 Å². The molecule has 0 aliphatic heterocycles. The number of hydrogen-bond acceptors (Lipinski definition) is 4. The van der Waals surface area contributed by atoms with Gasteiger partial charge in [0.15, 0.2) is 0 Å². The average Bonchev–Trinajstić information content (AvgIpc) is 3.33. The molecule has 0 spiro atoms. The van der Waals surface area contributed by atoms with E-state index in [1.54, 1.807) is 16.1 Å². The van der Waals surface area contributed by atoms with Crippen LogP contribution in [-0.4, -0.2) is 22.6 Å². The molecule has 0 bridgehead atoms. The second-order valence-corrected chi connectivity index (χ2v) is 6.89. The van der Waals surface area contributed by atoms with Gasteiger partial charge in [-0.25, -0.2) is 18.6 Å². The Labute approximate surface area is 163 Å². The Bertz CT molecular complexity index is 1210. The van der Waals surface area contributed by atoms with Crippen molar-refractivity contribution in [3.63, 3.8) is 0 Å². The number of ether oxygens (including phenoxy) is 1. The quantitative estimate of drug-likeness (QED) is 0.345. The van der Waals surface area contributed by atoms with E-state index in [2.05, 4.69) is 11.6 Å². The van der Waals surface area contributed by atoms with Crippen molar-refractivity contribution in [2.75, 3.05) is 7.11 Å². The predicted molar refractivity (Wildman–Crippen MR) is 106 cm³/mol. The van der Waals surface area contributed by atoms with Crippen LogP contribution in [0.1, 0.15) is 0 Å². The highest BCUT2D eigenvalue weighted by Gasteiger charge is 2.17. The van der Waals surface area contributed by atoms with Gasteiger partial charge in [0.25, 0.3) is 0 Å². The van der Waals surface area contributed by atoms with Gasteiger partial charge in [-0.1, -0.05) is 24.8 Å². The first kappa shape index (κ1) is 18.1. The van der Waals surface area contributed by atoms with E-state index >= 15 is 0 Å². The highest BCUT2D eigenvalue weighted by molar-refractivity contribution is 7.13. The molecule has 0 saturated heterocycles. The van der Waals surface area contributed by atoms with Gasteiger partial charge in [0, 0.05) is 17.1 Å². The van der Waals surface area contributed by atoms with Crippen LogP contribution in [0.3, 0.4) is 0 Å². The summed E-state index contributed by atoms with van der Waals surface area (Å²) in [6, 6.07) is 11.2. The number of aromatic nitrogens is 2. The first-order chi connectivity index (χ1) is 13.5. The number of carbonyl (C=O) groups excluding carboxylic acids is 1. The van der Waals surface area contributed by atoms with Crippen molar-refractivity contribution in [1.82, 2.24) is 9.55 Å². The summed E-state index contributed by atoms with van der Waals surface area (Å²) < 4.78 is 34.4. The van der Waals surface area contributed by atoms with Gasteiger partial charge in [0.1, 0.15) is 22.3 Å². The zero-order chi connectivity index (χ0) is 19.8. The van der Waals surface area contributed by atoms with Crippen molar-refractivity contribution >= 4 is 33.9 Å². The monoisotopic (exact) mass is 396 g/mol. The van der Waals surface area contributed by atoms with Gasteiger partial charge in [-0.2, -0.15) is 0 Å². The molecule has 0 fully saturated rings. The van der Waals surface area contributed by atoms with E-state index in [0.717, 1.165) is 27.8 Å². The summed E-state index contributed by atoms with van der Waals surface area (Å²) in [5, 5.41) is 2.91. The van der Waals surface area contributed by atoms with Crippen molar-refractivity contribution < 1.29 is 18.3 Å². The van der Waals surface area contributed by atoms with Gasteiger partial charge in [0.05, 0.1) is 23.9 Å². The minimum Gasteiger partial charge on any atom is -0.464 e. The maximum Gasteiger partial charge on any atom is 0.354 e. The zero-order valence-corrected chi connectivity index (χ0v) is 15.6. The molecule has 4 aromatic rings. The Balaban J connectivity index is 1.77. The van der Waals surface area contributed by atoms with Crippen molar-refractivity contribution in [2.24, 2.45) is 0 Å². The van der Waals surface area contributed by atoms with E-state index in [1.807, 2.05) is 24.3 Å². The number of hydrogen-bond donors (Lipinski definition) is 0. The molecule has 0 unspecified atom stereocenters. The van der Waals surface area contributed by atoms with Gasteiger partial charge < -0.3 is 9.30 Å². The fourth-order valence-corrected chi connectivity index (χ4v) is 3.84. The smallest absolute Gasteiger partial charge is 0.354 e. The molecule has 0 aliphatic rings. The second-order valence-electron chi connectivity index (χ2n) is 6.03. The normalized spacial score (nSPS) is 11.0. The first-order valence-corrected chi connectivity index (χ1v) is 9.16. The average molecular weight is 396 g/mol. The number of halogens is 2. The van der Waals surface area contributed by atoms with Crippen molar-refractivity contribution in [1.29, 1.82) is 0 Å². The fraction of sp³-hybridized carbons (Fsp3) is 0.0476. The molecule has 140 valence electrons. The largest absolute Gasteiger partial charge is 0.464 e. The Morgan fingerprint density at radius 1 is 1.18 bits per heavy atom. The summed E-state index contributed by atoms with van der Waals surface area (Å²) >= 11 is 1.16. The Morgan fingerprint density at radius 2 is 1.93 bits per heavy atom. The lowest BCUT2D eigenvalue weighted by atomic mass is 10.1. The molecule has 0 amide bonds. The minimum atomic E-state index is -0.653. The predicted octanol–water partition coefficient (Wildman–Crippen LogP) is 5.35. The molecular weight excluding hydrogens is 382 g/mol. The first-order valence-electron chi connectivity index (χ1n) is 8.28. The van der Waals surface area contributed by atoms with Gasteiger partial charge >= 0.3 is 5.97 Å². The van der Waals surface area contributed by atoms with Crippen LogP contribution >= 0.6 is 11.3 Å². The molecule has 4 rings (SSSR count). The molecule has 2 heterocycles. The van der Waals surface area contributed by atoms with Crippen LogP contribution < -0.4 is 0 Å². The fourth-order valence-electron chi connectivity index (χ4n) is 2.96. The van der Waals surface area contributed by atoms with Crippen LogP contribution in [0.15, 0.2) is 60.6 Å². The van der Waals surface area contributed by atoms with E-state index in [1.165, 1.54) is 25.3 Å². The van der Waals surface area contributed by atoms with Crippen LogP contribution in [0.5, 0.6) is 0 Å². The van der Waals surface area contributed by atoms with Crippen LogP contribution in [0, 0.1) is 11.6 Å². The molecule has 0 aliphatic carbocycles. The molecule has 28 heavy (non-hydrogen) atoms. The summed E-state index contributed by atoms with van der Waals surface area (Å²) in [6.07, 6.45) is 1.73. The van der Waals surface area contributed by atoms with E-state index in [4.69, 9.17) is 4.74 Å². The number of rotatable bonds is 4. The lowest BCUT2D eigenvalue weighted by molar-refractivity contribution is -0.134. The third-order valence-corrected chi connectivity index (χ3v) is 5.24. The van der Waals surface area contributed by atoms with Crippen molar-refractivity contribution in [2.45, 2.75) is 0 Å². The van der Waals surface area contributed by atoms with Crippen molar-refractivity contribution in [3.05, 3.63) is 72.3 Å². The number of methoxy groups -OCH3 is 1. The Morgan fingerprint density at radius 3 is 2.64 bits per heavy atom. The molecule has 7 heteroatoms. The van der Waals surface area contributed by atoms with Crippen LogP contribution in [0.25, 0.3) is 38.4 Å². The highest BCUT2D eigenvalue weighted by atomic mass is 32.1. The molecule has 2 aromatic heterocycles. The molecule has 4 nitrogen and oxygen atoms in total. The molecule has 0 N–H and O–H groups in total. The number of fused-ring (bicyclic) bond motifs is 1. The number of benzene rings is 2. The van der Waals surface area contributed by atoms with Gasteiger partial charge in [-0.05, 0) is 29.7 Å². The highest BCUT2D eigenvalue weighted by Crippen LogP contribution is 2.33. The third-order valence-electron chi connectivity index (χ3n) is 4.38. The summed E-state index contributed by atoms with van der Waals surface area (Å²) in [4.78, 5) is 16.2. The molecule has 2 aromatic carbocycles. The van der Waals surface area contributed by atoms with E-state index in [0.29, 0.717) is 5.69 Å². The maximum absolute atomic E-state index is 14.0. The molecular formula is C21H14F2N2O2S. The van der Waals surface area contributed by atoms with Crippen LogP contribution in [0.2, 0.25) is 0 Å². The second kappa shape index (κ2) is 7.01. The SMILES string of the molecule is C=C(C(=O)OC)n1ccc2ccc(-c3csc(-c4c(F)cccc4F)n3)cc21. The summed E-state index contributed by atoms with van der Waals surface area (Å²) in [5.41, 5.74) is 2.13. The summed E-state index contributed by atoms with van der Waals surface area (Å²) in [7, 11) is 1.29. The maximum atomic E-state index is 14.0. The topological polar surface area (TPSA) is 44.1 Å². The standard InChI is InChI=1S/C21H14F2N2O2S/c1-12(21(26)27-2)25-9-8-13-6-7-14(10-18(13)25)17-11-28-20(24-17)19-15(22)4-3-5-16(19)23/h3-11H,1H2,2H3. The van der Waals surface area contributed by atoms with E-state index in [9.17, 15) is 13.6 Å². The molecule has 0 atom stereocenters. The molecule has 0 radical (unpaired) electrons. The number of nitrogens with zero attached hydrogens (tertiary/aromatic N) is 2. The lowest BCUT2D eigenvalue weighted by Gasteiger charge is -2.07. The molecule has 0 saturated carbocycles.